The van der Waals surface area contributed by atoms with Crippen LogP contribution in [0, 0.1) is 18.6 Å². The van der Waals surface area contributed by atoms with E-state index in [0.29, 0.717) is 43.0 Å². The minimum atomic E-state index is -0.929. The number of morpholine rings is 1. The molecule has 0 bridgehead atoms. The lowest BCUT2D eigenvalue weighted by Gasteiger charge is -2.26. The molecule has 4 rings (SSSR count). The van der Waals surface area contributed by atoms with Crippen molar-refractivity contribution >= 4 is 22.7 Å². The fraction of sp³-hybridized carbons (Fsp3) is 0.333. The van der Waals surface area contributed by atoms with Crippen LogP contribution in [0.4, 0.5) is 20.5 Å². The number of rotatable bonds is 4. The highest BCUT2D eigenvalue weighted by Crippen LogP contribution is 2.29. The molecule has 3 aromatic rings. The molecule has 1 fully saturated rings. The molecule has 1 saturated heterocycles. The minimum Gasteiger partial charge on any atom is -0.424 e. The number of nitrogens with one attached hydrogen (secondary N) is 1. The normalized spacial score (nSPS) is 15.5. The number of nitrogens with zero attached hydrogens (tertiary/aromatic N) is 2. The zero-order valence-electron chi connectivity index (χ0n) is 16.2. The van der Waals surface area contributed by atoms with E-state index in [9.17, 15) is 13.6 Å². The van der Waals surface area contributed by atoms with Gasteiger partial charge in [0.25, 0.3) is 5.56 Å². The Kier molecular flexibility index (Phi) is 5.19. The maximum Gasteiger partial charge on any atom is 0.301 e. The third-order valence-electron chi connectivity index (χ3n) is 4.93. The summed E-state index contributed by atoms with van der Waals surface area (Å²) in [5.41, 5.74) is 2.10. The fourth-order valence-corrected chi connectivity index (χ4v) is 3.46. The number of hydrogen-bond donors (Lipinski definition) is 1. The molecule has 1 aromatic heterocycles. The maximum atomic E-state index is 13.6. The third kappa shape index (κ3) is 3.93. The first-order valence-electron chi connectivity index (χ1n) is 9.42. The smallest absolute Gasteiger partial charge is 0.301 e. The molecule has 6 nitrogen and oxygen atoms in total. The summed E-state index contributed by atoms with van der Waals surface area (Å²) in [7, 11) is 0. The van der Waals surface area contributed by atoms with Gasteiger partial charge >= 0.3 is 6.01 Å². The van der Waals surface area contributed by atoms with Gasteiger partial charge in [-0.15, -0.1) is 0 Å². The summed E-state index contributed by atoms with van der Waals surface area (Å²) in [5.74, 6) is -1.84. The van der Waals surface area contributed by atoms with Gasteiger partial charge in [0.2, 0.25) is 0 Å². The Morgan fingerprint density at radius 2 is 1.90 bits per heavy atom. The lowest BCUT2D eigenvalue weighted by atomic mass is 10.0. The number of ether oxygens (including phenoxy) is 1. The molecular formula is C21H21F2N3O3. The van der Waals surface area contributed by atoms with E-state index in [2.05, 4.69) is 10.3 Å². The van der Waals surface area contributed by atoms with Gasteiger partial charge in [-0.3, -0.25) is 4.79 Å². The first kappa shape index (κ1) is 19.3. The van der Waals surface area contributed by atoms with E-state index < -0.39 is 11.6 Å². The molecule has 2 aromatic carbocycles. The Hall–Kier alpha value is -3.00. The standard InChI is InChI=1S/C21H21F2N3O3/c1-12-9-15(13(2)24-14-3-4-17(22)18(23)11-14)19-16(10-12)20(27)25-21(29-19)26-5-7-28-8-6-26/h3-4,9-11,13,24H,5-8H2,1-2H3. The lowest BCUT2D eigenvalue weighted by Crippen LogP contribution is -2.37. The predicted octanol–water partition coefficient (Wildman–Crippen LogP) is 3.78. The SMILES string of the molecule is Cc1cc(C(C)Nc2ccc(F)c(F)c2)c2oc(N3CCOCC3)nc(=O)c2c1. The fourth-order valence-electron chi connectivity index (χ4n) is 3.46. The number of halogens is 2. The van der Waals surface area contributed by atoms with Crippen molar-refractivity contribution in [1.82, 2.24) is 4.98 Å². The average molecular weight is 401 g/mol. The van der Waals surface area contributed by atoms with Crippen LogP contribution < -0.4 is 15.8 Å². The summed E-state index contributed by atoms with van der Waals surface area (Å²) in [6, 6.07) is 7.21. The van der Waals surface area contributed by atoms with Gasteiger partial charge in [0.15, 0.2) is 11.6 Å². The number of aryl methyl sites for hydroxylation is 1. The Balaban J connectivity index is 1.76. The van der Waals surface area contributed by atoms with E-state index in [4.69, 9.17) is 9.15 Å². The van der Waals surface area contributed by atoms with Crippen molar-refractivity contribution in [2.75, 3.05) is 36.5 Å². The van der Waals surface area contributed by atoms with Gasteiger partial charge < -0.3 is 19.4 Å². The predicted molar refractivity (Wildman–Crippen MR) is 106 cm³/mol. The lowest BCUT2D eigenvalue weighted by molar-refractivity contribution is 0.120. The van der Waals surface area contributed by atoms with Gasteiger partial charge in [-0.1, -0.05) is 6.07 Å². The molecule has 1 aliphatic heterocycles. The summed E-state index contributed by atoms with van der Waals surface area (Å²) in [6.07, 6.45) is 0. The second-order valence-electron chi connectivity index (χ2n) is 7.13. The number of benzene rings is 2. The first-order valence-corrected chi connectivity index (χ1v) is 9.42. The van der Waals surface area contributed by atoms with Crippen molar-refractivity contribution in [3.05, 3.63) is 63.4 Å². The van der Waals surface area contributed by atoms with Crippen molar-refractivity contribution in [2.24, 2.45) is 0 Å². The van der Waals surface area contributed by atoms with Crippen LogP contribution in [0.5, 0.6) is 0 Å². The van der Waals surface area contributed by atoms with Crippen LogP contribution >= 0.6 is 0 Å². The molecule has 29 heavy (non-hydrogen) atoms. The van der Waals surface area contributed by atoms with Gasteiger partial charge in [-0.25, -0.2) is 8.78 Å². The monoisotopic (exact) mass is 401 g/mol. The van der Waals surface area contributed by atoms with E-state index in [1.54, 1.807) is 6.07 Å². The second-order valence-corrected chi connectivity index (χ2v) is 7.13. The van der Waals surface area contributed by atoms with Gasteiger partial charge in [-0.05, 0) is 37.6 Å². The Bertz CT molecular complexity index is 1110. The summed E-state index contributed by atoms with van der Waals surface area (Å²) in [6.45, 7) is 6.00. The molecule has 1 unspecified atom stereocenters. The van der Waals surface area contributed by atoms with Crippen LogP contribution in [-0.2, 0) is 4.74 Å². The highest BCUT2D eigenvalue weighted by Gasteiger charge is 2.20. The summed E-state index contributed by atoms with van der Waals surface area (Å²) < 4.78 is 38.2. The molecule has 1 aliphatic rings. The number of hydrogen-bond acceptors (Lipinski definition) is 6. The first-order chi connectivity index (χ1) is 13.9. The van der Waals surface area contributed by atoms with E-state index in [1.165, 1.54) is 6.07 Å². The number of fused-ring (bicyclic) bond motifs is 1. The highest BCUT2D eigenvalue weighted by atomic mass is 19.2. The minimum absolute atomic E-state index is 0.260. The van der Waals surface area contributed by atoms with Crippen LogP contribution in [0.3, 0.4) is 0 Å². The van der Waals surface area contributed by atoms with Gasteiger partial charge in [0.1, 0.15) is 5.58 Å². The maximum absolute atomic E-state index is 13.6. The molecule has 1 N–H and O–H groups in total. The molecule has 1 atom stereocenters. The Labute approximate surface area is 166 Å². The molecule has 0 aliphatic carbocycles. The van der Waals surface area contributed by atoms with E-state index in [1.807, 2.05) is 24.8 Å². The van der Waals surface area contributed by atoms with Crippen LogP contribution in [0.15, 0.2) is 39.5 Å². The molecule has 0 spiro atoms. The van der Waals surface area contributed by atoms with E-state index >= 15 is 0 Å². The van der Waals surface area contributed by atoms with Crippen molar-refractivity contribution in [1.29, 1.82) is 0 Å². The topological polar surface area (TPSA) is 67.6 Å². The molecule has 0 amide bonds. The van der Waals surface area contributed by atoms with E-state index in [0.717, 1.165) is 23.3 Å². The average Bonchev–Trinajstić information content (AvgIpc) is 2.71. The van der Waals surface area contributed by atoms with Crippen molar-refractivity contribution in [3.8, 4) is 0 Å². The molecule has 152 valence electrons. The summed E-state index contributed by atoms with van der Waals surface area (Å²) in [5, 5.41) is 3.53. The Morgan fingerprint density at radius 3 is 2.62 bits per heavy atom. The van der Waals surface area contributed by atoms with Crippen LogP contribution in [-0.4, -0.2) is 31.3 Å². The van der Waals surface area contributed by atoms with Crippen molar-refractivity contribution in [2.45, 2.75) is 19.9 Å². The van der Waals surface area contributed by atoms with Gasteiger partial charge in [-0.2, -0.15) is 4.98 Å². The van der Waals surface area contributed by atoms with Gasteiger partial charge in [0.05, 0.1) is 24.6 Å². The molecule has 8 heteroatoms. The quantitative estimate of drug-likeness (QED) is 0.718. The zero-order chi connectivity index (χ0) is 20.5. The summed E-state index contributed by atoms with van der Waals surface area (Å²) in [4.78, 5) is 18.7. The summed E-state index contributed by atoms with van der Waals surface area (Å²) >= 11 is 0. The number of aromatic nitrogens is 1. The van der Waals surface area contributed by atoms with E-state index in [-0.39, 0.29) is 17.6 Å². The van der Waals surface area contributed by atoms with Crippen molar-refractivity contribution < 1.29 is 17.9 Å². The van der Waals surface area contributed by atoms with Crippen LogP contribution in [0.2, 0.25) is 0 Å². The zero-order valence-corrected chi connectivity index (χ0v) is 16.2. The second kappa shape index (κ2) is 7.79. The molecule has 0 saturated carbocycles. The molecule has 2 heterocycles. The largest absolute Gasteiger partial charge is 0.424 e. The van der Waals surface area contributed by atoms with Crippen molar-refractivity contribution in [3.63, 3.8) is 0 Å². The highest BCUT2D eigenvalue weighted by molar-refractivity contribution is 5.81. The van der Waals surface area contributed by atoms with Crippen LogP contribution in [0.25, 0.3) is 11.0 Å². The molecular weight excluding hydrogens is 380 g/mol. The molecule has 0 radical (unpaired) electrons. The number of anilines is 2. The van der Waals surface area contributed by atoms with Crippen LogP contribution in [0.1, 0.15) is 24.1 Å². The van der Waals surface area contributed by atoms with Gasteiger partial charge in [0, 0.05) is 30.4 Å². The Morgan fingerprint density at radius 1 is 1.14 bits per heavy atom. The third-order valence-corrected chi connectivity index (χ3v) is 4.93.